The smallest absolute Gasteiger partial charge is 0.226 e. The lowest BCUT2D eigenvalue weighted by Crippen LogP contribution is -2.19. The van der Waals surface area contributed by atoms with E-state index in [1.54, 1.807) is 0 Å². The van der Waals surface area contributed by atoms with E-state index in [-0.39, 0.29) is 12.0 Å². The summed E-state index contributed by atoms with van der Waals surface area (Å²) in [5.74, 6) is 0.599. The van der Waals surface area contributed by atoms with E-state index in [2.05, 4.69) is 26.1 Å². The lowest BCUT2D eigenvalue weighted by molar-refractivity contribution is -0.117. The van der Waals surface area contributed by atoms with Crippen molar-refractivity contribution in [3.05, 3.63) is 24.3 Å². The minimum atomic E-state index is -0.0129. The predicted molar refractivity (Wildman–Crippen MR) is 88.9 cm³/mol. The van der Waals surface area contributed by atoms with Crippen LogP contribution < -0.4 is 10.2 Å². The maximum atomic E-state index is 12.0. The summed E-state index contributed by atoms with van der Waals surface area (Å²) in [7, 11) is 3.92. The van der Waals surface area contributed by atoms with Crippen molar-refractivity contribution in [2.45, 2.75) is 39.7 Å². The maximum Gasteiger partial charge on any atom is 0.226 e. The Labute approximate surface area is 128 Å². The van der Waals surface area contributed by atoms with Crippen LogP contribution in [0.5, 0.6) is 0 Å². The van der Waals surface area contributed by atoms with E-state index in [0.717, 1.165) is 17.8 Å². The standard InChI is InChI=1S/C17H28N2O2/c1-13(2)12-14(3)21-11-10-17(20)18-15-8-6-7-9-16(15)19(4)5/h6-9,13-14H,10-12H2,1-5H3,(H,18,20)/t14-/m1/s1. The molecule has 0 fully saturated rings. The normalized spacial score (nSPS) is 12.3. The Balaban J connectivity index is 2.41. The lowest BCUT2D eigenvalue weighted by Gasteiger charge is -2.18. The molecule has 0 aliphatic rings. The molecular weight excluding hydrogens is 264 g/mol. The first-order chi connectivity index (χ1) is 9.90. The van der Waals surface area contributed by atoms with Gasteiger partial charge in [-0.3, -0.25) is 4.79 Å². The molecule has 4 nitrogen and oxygen atoms in total. The number of hydrogen-bond donors (Lipinski definition) is 1. The van der Waals surface area contributed by atoms with Crippen LogP contribution >= 0.6 is 0 Å². The Morgan fingerprint density at radius 1 is 1.24 bits per heavy atom. The summed E-state index contributed by atoms with van der Waals surface area (Å²) < 4.78 is 5.67. The van der Waals surface area contributed by atoms with Gasteiger partial charge in [-0.25, -0.2) is 0 Å². The van der Waals surface area contributed by atoms with Gasteiger partial charge in [0, 0.05) is 14.1 Å². The Morgan fingerprint density at radius 2 is 1.90 bits per heavy atom. The Morgan fingerprint density at radius 3 is 2.52 bits per heavy atom. The van der Waals surface area contributed by atoms with Crippen molar-refractivity contribution in [2.75, 3.05) is 30.9 Å². The number of hydrogen-bond acceptors (Lipinski definition) is 3. The zero-order chi connectivity index (χ0) is 15.8. The van der Waals surface area contributed by atoms with E-state index in [1.807, 2.05) is 43.3 Å². The Hall–Kier alpha value is -1.55. The molecule has 0 unspecified atom stereocenters. The Bertz CT molecular complexity index is 444. The Kier molecular flexibility index (Phi) is 7.23. The molecule has 118 valence electrons. The van der Waals surface area contributed by atoms with Gasteiger partial charge in [0.2, 0.25) is 5.91 Å². The molecule has 4 heteroatoms. The van der Waals surface area contributed by atoms with Crippen LogP contribution in [-0.4, -0.2) is 32.7 Å². The van der Waals surface area contributed by atoms with Gasteiger partial charge in [0.05, 0.1) is 30.5 Å². The minimum absolute atomic E-state index is 0.0129. The van der Waals surface area contributed by atoms with Crippen LogP contribution in [0.25, 0.3) is 0 Å². The summed E-state index contributed by atoms with van der Waals surface area (Å²) >= 11 is 0. The number of rotatable bonds is 8. The fourth-order valence-corrected chi connectivity index (χ4v) is 2.27. The average molecular weight is 292 g/mol. The van der Waals surface area contributed by atoms with E-state index < -0.39 is 0 Å². The van der Waals surface area contributed by atoms with Gasteiger partial charge in [-0.1, -0.05) is 26.0 Å². The van der Waals surface area contributed by atoms with Crippen molar-refractivity contribution in [1.82, 2.24) is 0 Å². The third-order valence-electron chi connectivity index (χ3n) is 3.19. The van der Waals surface area contributed by atoms with Crippen molar-refractivity contribution in [3.63, 3.8) is 0 Å². The molecule has 0 radical (unpaired) electrons. The zero-order valence-electron chi connectivity index (χ0n) is 13.8. The number of ether oxygens (including phenoxy) is 1. The molecule has 0 aromatic heterocycles. The zero-order valence-corrected chi connectivity index (χ0v) is 13.8. The summed E-state index contributed by atoms with van der Waals surface area (Å²) in [6, 6.07) is 7.78. The molecule has 0 aliphatic heterocycles. The van der Waals surface area contributed by atoms with E-state index in [1.165, 1.54) is 0 Å². The van der Waals surface area contributed by atoms with Crippen molar-refractivity contribution in [1.29, 1.82) is 0 Å². The van der Waals surface area contributed by atoms with E-state index in [0.29, 0.717) is 18.9 Å². The first-order valence-corrected chi connectivity index (χ1v) is 7.58. The minimum Gasteiger partial charge on any atom is -0.378 e. The van der Waals surface area contributed by atoms with Crippen LogP contribution in [0.2, 0.25) is 0 Å². The number of amides is 1. The van der Waals surface area contributed by atoms with Crippen LogP contribution in [0.3, 0.4) is 0 Å². The van der Waals surface area contributed by atoms with Gasteiger partial charge in [0.1, 0.15) is 0 Å². The molecule has 0 saturated carbocycles. The molecule has 1 N–H and O–H groups in total. The molecule has 0 saturated heterocycles. The van der Waals surface area contributed by atoms with Gasteiger partial charge >= 0.3 is 0 Å². The molecule has 1 aromatic rings. The lowest BCUT2D eigenvalue weighted by atomic mass is 10.1. The van der Waals surface area contributed by atoms with Crippen molar-refractivity contribution in [3.8, 4) is 0 Å². The highest BCUT2D eigenvalue weighted by Crippen LogP contribution is 2.23. The van der Waals surface area contributed by atoms with Crippen LogP contribution in [0.15, 0.2) is 24.3 Å². The number of nitrogens with zero attached hydrogens (tertiary/aromatic N) is 1. The highest BCUT2D eigenvalue weighted by molar-refractivity contribution is 5.94. The van der Waals surface area contributed by atoms with Gasteiger partial charge in [-0.15, -0.1) is 0 Å². The number of anilines is 2. The summed E-state index contributed by atoms with van der Waals surface area (Å²) in [4.78, 5) is 14.0. The second-order valence-electron chi connectivity index (χ2n) is 6.02. The molecule has 0 bridgehead atoms. The molecule has 1 aromatic carbocycles. The van der Waals surface area contributed by atoms with Crippen LogP contribution in [0.1, 0.15) is 33.6 Å². The molecule has 0 spiro atoms. The van der Waals surface area contributed by atoms with Crippen molar-refractivity contribution < 1.29 is 9.53 Å². The summed E-state index contributed by atoms with van der Waals surface area (Å²) in [6.45, 7) is 6.86. The van der Waals surface area contributed by atoms with E-state index in [4.69, 9.17) is 4.74 Å². The van der Waals surface area contributed by atoms with Gasteiger partial charge in [0.15, 0.2) is 0 Å². The summed E-state index contributed by atoms with van der Waals surface area (Å²) in [5, 5.41) is 2.95. The van der Waals surface area contributed by atoms with Crippen LogP contribution in [-0.2, 0) is 9.53 Å². The molecule has 21 heavy (non-hydrogen) atoms. The third kappa shape index (κ3) is 6.63. The van der Waals surface area contributed by atoms with Crippen LogP contribution in [0, 0.1) is 5.92 Å². The molecule has 1 amide bonds. The first kappa shape index (κ1) is 17.5. The fourth-order valence-electron chi connectivity index (χ4n) is 2.27. The molecule has 1 rings (SSSR count). The SMILES string of the molecule is CC(C)C[C@@H](C)OCCC(=O)Nc1ccccc1N(C)C. The molecular formula is C17H28N2O2. The number of benzene rings is 1. The average Bonchev–Trinajstić information content (AvgIpc) is 2.38. The van der Waals surface area contributed by atoms with E-state index >= 15 is 0 Å². The van der Waals surface area contributed by atoms with Crippen molar-refractivity contribution >= 4 is 17.3 Å². The van der Waals surface area contributed by atoms with Gasteiger partial charge in [-0.2, -0.15) is 0 Å². The highest BCUT2D eigenvalue weighted by atomic mass is 16.5. The molecule has 1 atom stereocenters. The van der Waals surface area contributed by atoms with Gasteiger partial charge in [0.25, 0.3) is 0 Å². The maximum absolute atomic E-state index is 12.0. The van der Waals surface area contributed by atoms with Crippen molar-refractivity contribution in [2.24, 2.45) is 5.92 Å². The van der Waals surface area contributed by atoms with E-state index in [9.17, 15) is 4.79 Å². The topological polar surface area (TPSA) is 41.6 Å². The number of para-hydroxylation sites is 2. The predicted octanol–water partition coefficient (Wildman–Crippen LogP) is 3.53. The van der Waals surface area contributed by atoms with Gasteiger partial charge < -0.3 is 15.0 Å². The van der Waals surface area contributed by atoms with Crippen LogP contribution in [0.4, 0.5) is 11.4 Å². The number of carbonyl (C=O) groups excluding carboxylic acids is 1. The quantitative estimate of drug-likeness (QED) is 0.797. The second-order valence-corrected chi connectivity index (χ2v) is 6.02. The first-order valence-electron chi connectivity index (χ1n) is 7.58. The number of carbonyl (C=O) groups is 1. The molecule has 0 heterocycles. The summed E-state index contributed by atoms with van der Waals surface area (Å²) in [5.41, 5.74) is 1.84. The third-order valence-corrected chi connectivity index (χ3v) is 3.19. The number of nitrogens with one attached hydrogen (secondary N) is 1. The highest BCUT2D eigenvalue weighted by Gasteiger charge is 2.09. The summed E-state index contributed by atoms with van der Waals surface area (Å²) in [6.07, 6.45) is 1.60. The molecule has 0 aliphatic carbocycles. The largest absolute Gasteiger partial charge is 0.378 e. The second kappa shape index (κ2) is 8.67. The monoisotopic (exact) mass is 292 g/mol. The van der Waals surface area contributed by atoms with Gasteiger partial charge in [-0.05, 0) is 31.4 Å². The fraction of sp³-hybridized carbons (Fsp3) is 0.588.